The second-order valence-electron chi connectivity index (χ2n) is 9.75. The quantitative estimate of drug-likeness (QED) is 0.651. The lowest BCUT2D eigenvalue weighted by molar-refractivity contribution is -0.162. The summed E-state index contributed by atoms with van der Waals surface area (Å²) in [6.07, 6.45) is 5.25. The lowest BCUT2D eigenvalue weighted by atomic mass is 9.94. The van der Waals surface area contributed by atoms with E-state index < -0.39 is 5.60 Å². The molecule has 1 unspecified atom stereocenters. The predicted octanol–water partition coefficient (Wildman–Crippen LogP) is 3.19. The van der Waals surface area contributed by atoms with E-state index in [4.69, 9.17) is 9.47 Å². The summed E-state index contributed by atoms with van der Waals surface area (Å²) in [6, 6.07) is 18.1. The standard InChI is InChI=1S/C29H37N3O4/c1-23(2)32(20-24-10-4-3-5-11-24)27(33)21-31-17-19-36-29(22-31)15-9-8-13-25-12-6-7-14-26(25)35-18-16-30-28(29)34/h3-12,14,23H,13,15-22H2,1-2H3,(H,30,34)/b9-8+. The maximum absolute atomic E-state index is 13.3. The number of carbonyl (C=O) groups excluding carboxylic acids is 2. The Hall–Kier alpha value is -3.16. The van der Waals surface area contributed by atoms with Gasteiger partial charge in [-0.15, -0.1) is 0 Å². The molecule has 2 amide bonds. The van der Waals surface area contributed by atoms with Crippen LogP contribution in [-0.4, -0.2) is 72.6 Å². The molecule has 2 aromatic carbocycles. The summed E-state index contributed by atoms with van der Waals surface area (Å²) in [7, 11) is 0. The normalized spacial score (nSPS) is 22.0. The maximum atomic E-state index is 13.3. The first-order valence-electron chi connectivity index (χ1n) is 12.8. The van der Waals surface area contributed by atoms with Crippen molar-refractivity contribution in [2.75, 3.05) is 39.4 Å². The highest BCUT2D eigenvalue weighted by Crippen LogP contribution is 2.25. The number of benzene rings is 2. The largest absolute Gasteiger partial charge is 0.491 e. The summed E-state index contributed by atoms with van der Waals surface area (Å²) in [5, 5.41) is 2.99. The molecule has 2 aliphatic heterocycles. The first kappa shape index (κ1) is 25.9. The molecule has 36 heavy (non-hydrogen) atoms. The Bertz CT molecular complexity index is 1060. The Morgan fingerprint density at radius 2 is 1.86 bits per heavy atom. The van der Waals surface area contributed by atoms with Crippen LogP contribution in [0.25, 0.3) is 0 Å². The molecule has 7 nitrogen and oxygen atoms in total. The minimum Gasteiger partial charge on any atom is -0.491 e. The predicted molar refractivity (Wildman–Crippen MR) is 140 cm³/mol. The molecule has 192 valence electrons. The van der Waals surface area contributed by atoms with Gasteiger partial charge in [-0.3, -0.25) is 14.5 Å². The lowest BCUT2D eigenvalue weighted by Crippen LogP contribution is -2.61. The topological polar surface area (TPSA) is 71.1 Å². The number of nitrogens with zero attached hydrogens (tertiary/aromatic N) is 2. The van der Waals surface area contributed by atoms with Crippen LogP contribution in [0.5, 0.6) is 5.75 Å². The van der Waals surface area contributed by atoms with Gasteiger partial charge in [0, 0.05) is 32.1 Å². The molecule has 2 heterocycles. The van der Waals surface area contributed by atoms with E-state index in [1.165, 1.54) is 0 Å². The van der Waals surface area contributed by atoms with Gasteiger partial charge in [0.1, 0.15) is 12.4 Å². The number of nitrogens with one attached hydrogen (secondary N) is 1. The Morgan fingerprint density at radius 1 is 1.08 bits per heavy atom. The highest BCUT2D eigenvalue weighted by Gasteiger charge is 2.43. The minimum absolute atomic E-state index is 0.0556. The summed E-state index contributed by atoms with van der Waals surface area (Å²) in [5.74, 6) is 0.738. The van der Waals surface area contributed by atoms with Gasteiger partial charge in [-0.1, -0.05) is 60.7 Å². The Labute approximate surface area is 214 Å². The minimum atomic E-state index is -1.03. The molecule has 2 aromatic rings. The van der Waals surface area contributed by atoms with Crippen molar-refractivity contribution in [2.24, 2.45) is 0 Å². The SMILES string of the molecule is CC(C)N(Cc1ccccc1)C(=O)CN1CCOC2(C/C=C/Cc3ccccc3OCCNC2=O)C1. The van der Waals surface area contributed by atoms with Crippen LogP contribution in [0.3, 0.4) is 0 Å². The Balaban J connectivity index is 1.45. The number of ether oxygens (including phenoxy) is 2. The molecule has 4 rings (SSSR count). The third-order valence-corrected chi connectivity index (χ3v) is 6.75. The van der Waals surface area contributed by atoms with E-state index in [2.05, 4.69) is 22.4 Å². The van der Waals surface area contributed by atoms with E-state index in [0.29, 0.717) is 45.8 Å². The molecule has 1 saturated heterocycles. The van der Waals surface area contributed by atoms with E-state index in [9.17, 15) is 9.59 Å². The van der Waals surface area contributed by atoms with Crippen molar-refractivity contribution in [3.63, 3.8) is 0 Å². The fourth-order valence-corrected chi connectivity index (χ4v) is 4.75. The number of hydrogen-bond acceptors (Lipinski definition) is 5. The van der Waals surface area contributed by atoms with Crippen LogP contribution in [0.1, 0.15) is 31.4 Å². The van der Waals surface area contributed by atoms with Crippen LogP contribution in [0, 0.1) is 0 Å². The Morgan fingerprint density at radius 3 is 2.67 bits per heavy atom. The molecule has 0 aliphatic carbocycles. The van der Waals surface area contributed by atoms with Crippen molar-refractivity contribution >= 4 is 11.8 Å². The molecule has 0 radical (unpaired) electrons. The van der Waals surface area contributed by atoms with Crippen LogP contribution in [0.15, 0.2) is 66.7 Å². The molecular weight excluding hydrogens is 454 g/mol. The first-order chi connectivity index (χ1) is 17.5. The average molecular weight is 492 g/mol. The fourth-order valence-electron chi connectivity index (χ4n) is 4.75. The molecule has 1 N–H and O–H groups in total. The zero-order chi connectivity index (χ0) is 25.4. The van der Waals surface area contributed by atoms with Gasteiger partial charge < -0.3 is 19.7 Å². The number of hydrogen-bond donors (Lipinski definition) is 1. The van der Waals surface area contributed by atoms with Crippen molar-refractivity contribution < 1.29 is 19.1 Å². The number of carbonyl (C=O) groups is 2. The molecule has 0 aromatic heterocycles. The molecule has 1 spiro atoms. The lowest BCUT2D eigenvalue weighted by Gasteiger charge is -2.41. The molecule has 1 atom stereocenters. The number of allylic oxidation sites excluding steroid dienone is 1. The van der Waals surface area contributed by atoms with Gasteiger partial charge in [0.05, 0.1) is 19.7 Å². The zero-order valence-corrected chi connectivity index (χ0v) is 21.3. The molecule has 0 saturated carbocycles. The third-order valence-electron chi connectivity index (χ3n) is 6.75. The number of fused-ring (bicyclic) bond motifs is 1. The van der Waals surface area contributed by atoms with Crippen molar-refractivity contribution in [3.8, 4) is 5.75 Å². The van der Waals surface area contributed by atoms with Crippen LogP contribution >= 0.6 is 0 Å². The van der Waals surface area contributed by atoms with Crippen LogP contribution in [0.4, 0.5) is 0 Å². The van der Waals surface area contributed by atoms with Crippen LogP contribution in [0.2, 0.25) is 0 Å². The van der Waals surface area contributed by atoms with E-state index >= 15 is 0 Å². The second-order valence-corrected chi connectivity index (χ2v) is 9.75. The molecule has 0 bridgehead atoms. The highest BCUT2D eigenvalue weighted by molar-refractivity contribution is 5.86. The zero-order valence-electron chi connectivity index (χ0n) is 21.3. The van der Waals surface area contributed by atoms with Gasteiger partial charge in [0.15, 0.2) is 5.60 Å². The number of para-hydroxylation sites is 1. The van der Waals surface area contributed by atoms with Crippen molar-refractivity contribution in [2.45, 2.75) is 44.9 Å². The van der Waals surface area contributed by atoms with Crippen LogP contribution in [-0.2, 0) is 27.3 Å². The number of morpholine rings is 1. The smallest absolute Gasteiger partial charge is 0.254 e. The van der Waals surface area contributed by atoms with Gasteiger partial charge in [-0.25, -0.2) is 0 Å². The Kier molecular flexibility index (Phi) is 8.78. The van der Waals surface area contributed by atoms with Gasteiger partial charge in [0.25, 0.3) is 5.91 Å². The maximum Gasteiger partial charge on any atom is 0.254 e. The van der Waals surface area contributed by atoms with Gasteiger partial charge >= 0.3 is 0 Å². The van der Waals surface area contributed by atoms with E-state index in [1.54, 1.807) is 0 Å². The van der Waals surface area contributed by atoms with Crippen molar-refractivity contribution in [1.29, 1.82) is 0 Å². The van der Waals surface area contributed by atoms with E-state index in [1.807, 2.05) is 73.4 Å². The average Bonchev–Trinajstić information content (AvgIpc) is 2.88. The fraction of sp³-hybridized carbons (Fsp3) is 0.448. The summed E-state index contributed by atoms with van der Waals surface area (Å²) < 4.78 is 12.0. The third kappa shape index (κ3) is 6.53. The van der Waals surface area contributed by atoms with E-state index in [0.717, 1.165) is 23.3 Å². The van der Waals surface area contributed by atoms with Crippen LogP contribution < -0.4 is 10.1 Å². The van der Waals surface area contributed by atoms with Crippen molar-refractivity contribution in [3.05, 3.63) is 77.9 Å². The number of amides is 2. The summed E-state index contributed by atoms with van der Waals surface area (Å²) >= 11 is 0. The van der Waals surface area contributed by atoms with Gasteiger partial charge in [-0.2, -0.15) is 0 Å². The monoisotopic (exact) mass is 491 g/mol. The molecule has 2 aliphatic rings. The van der Waals surface area contributed by atoms with E-state index in [-0.39, 0.29) is 24.4 Å². The highest BCUT2D eigenvalue weighted by atomic mass is 16.5. The summed E-state index contributed by atoms with van der Waals surface area (Å²) in [5.41, 5.74) is 1.18. The second kappa shape index (κ2) is 12.2. The summed E-state index contributed by atoms with van der Waals surface area (Å²) in [4.78, 5) is 30.6. The van der Waals surface area contributed by atoms with Crippen molar-refractivity contribution in [1.82, 2.24) is 15.1 Å². The first-order valence-corrected chi connectivity index (χ1v) is 12.8. The molecular formula is C29H37N3O4. The van der Waals surface area contributed by atoms with Gasteiger partial charge in [0.2, 0.25) is 5.91 Å². The molecule has 1 fully saturated rings. The number of rotatable bonds is 5. The summed E-state index contributed by atoms with van der Waals surface area (Å²) in [6.45, 7) is 7.03. The molecule has 7 heteroatoms. The van der Waals surface area contributed by atoms with Gasteiger partial charge in [-0.05, 0) is 37.5 Å².